The van der Waals surface area contributed by atoms with E-state index < -0.39 is 13.4 Å². The van der Waals surface area contributed by atoms with Gasteiger partial charge in [0.2, 0.25) is 0 Å². The van der Waals surface area contributed by atoms with E-state index in [9.17, 15) is 9.67 Å². The van der Waals surface area contributed by atoms with Crippen LogP contribution in [-0.4, -0.2) is 33.4 Å². The summed E-state index contributed by atoms with van der Waals surface area (Å²) in [6.07, 6.45) is 0. The maximum Gasteiger partial charge on any atom is 0.362 e. The Hall–Kier alpha value is -0.870. The average molecular weight is 259 g/mol. The van der Waals surface area contributed by atoms with E-state index in [0.717, 1.165) is 5.69 Å². The standard InChI is InChI=1S/C11H18NO4P/c1-12(2)10-7-5-9(6-8-10)11(13)17(14,15-3)16-4/h5-8,11,13H,1-4H3/t11-/m0/s1. The number of anilines is 1. The highest BCUT2D eigenvalue weighted by molar-refractivity contribution is 7.53. The molecular formula is C11H18NO4P. The molecule has 0 saturated carbocycles. The Labute approximate surface area is 102 Å². The summed E-state index contributed by atoms with van der Waals surface area (Å²) < 4.78 is 21.5. The maximum absolute atomic E-state index is 12.0. The molecule has 0 aliphatic rings. The first kappa shape index (κ1) is 14.2. The predicted molar refractivity (Wildman–Crippen MR) is 67.4 cm³/mol. The molecule has 0 unspecified atom stereocenters. The predicted octanol–water partition coefficient (Wildman–Crippen LogP) is 2.23. The van der Waals surface area contributed by atoms with Gasteiger partial charge in [0.1, 0.15) is 0 Å². The smallest absolute Gasteiger partial charge is 0.362 e. The summed E-state index contributed by atoms with van der Waals surface area (Å²) in [5, 5.41) is 9.94. The first-order valence-corrected chi connectivity index (χ1v) is 6.72. The molecule has 1 rings (SSSR count). The summed E-state index contributed by atoms with van der Waals surface area (Å²) in [6.45, 7) is 0. The molecule has 0 amide bonds. The van der Waals surface area contributed by atoms with E-state index in [1.165, 1.54) is 14.2 Å². The second-order valence-corrected chi connectivity index (χ2v) is 6.06. The largest absolute Gasteiger partial charge is 0.378 e. The van der Waals surface area contributed by atoms with Crippen molar-refractivity contribution >= 4 is 13.3 Å². The van der Waals surface area contributed by atoms with Crippen LogP contribution in [0.3, 0.4) is 0 Å². The lowest BCUT2D eigenvalue weighted by Crippen LogP contribution is -2.09. The molecule has 0 aromatic heterocycles. The van der Waals surface area contributed by atoms with Crippen LogP contribution in [0.1, 0.15) is 11.4 Å². The van der Waals surface area contributed by atoms with Crippen molar-refractivity contribution < 1.29 is 18.7 Å². The fourth-order valence-corrected chi connectivity index (χ4v) is 2.49. The van der Waals surface area contributed by atoms with Gasteiger partial charge in [-0.25, -0.2) is 0 Å². The summed E-state index contributed by atoms with van der Waals surface area (Å²) in [6, 6.07) is 7.05. The fourth-order valence-electron chi connectivity index (χ4n) is 1.40. The monoisotopic (exact) mass is 259 g/mol. The number of rotatable bonds is 5. The molecule has 1 atom stereocenters. The third-order valence-electron chi connectivity index (χ3n) is 2.52. The number of aliphatic hydroxyl groups excluding tert-OH is 1. The van der Waals surface area contributed by atoms with Gasteiger partial charge in [-0.05, 0) is 17.7 Å². The van der Waals surface area contributed by atoms with E-state index in [4.69, 9.17) is 9.05 Å². The van der Waals surface area contributed by atoms with E-state index in [-0.39, 0.29) is 0 Å². The molecule has 0 aliphatic carbocycles. The van der Waals surface area contributed by atoms with Gasteiger partial charge in [-0.2, -0.15) is 0 Å². The lowest BCUT2D eigenvalue weighted by atomic mass is 10.2. The van der Waals surface area contributed by atoms with Crippen molar-refractivity contribution in [1.29, 1.82) is 0 Å². The molecule has 1 N–H and O–H groups in total. The number of hydrogen-bond donors (Lipinski definition) is 1. The number of hydrogen-bond acceptors (Lipinski definition) is 5. The van der Waals surface area contributed by atoms with Gasteiger partial charge in [0.25, 0.3) is 0 Å². The van der Waals surface area contributed by atoms with Crippen molar-refractivity contribution in [2.75, 3.05) is 33.2 Å². The van der Waals surface area contributed by atoms with Crippen LogP contribution in [-0.2, 0) is 13.6 Å². The third kappa shape index (κ3) is 3.07. The number of benzene rings is 1. The van der Waals surface area contributed by atoms with E-state index in [0.29, 0.717) is 5.56 Å². The molecule has 0 radical (unpaired) electrons. The Morgan fingerprint density at radius 2 is 1.65 bits per heavy atom. The van der Waals surface area contributed by atoms with Crippen molar-refractivity contribution in [2.45, 2.75) is 5.85 Å². The van der Waals surface area contributed by atoms with Crippen molar-refractivity contribution in [3.63, 3.8) is 0 Å². The van der Waals surface area contributed by atoms with Crippen LogP contribution in [0.5, 0.6) is 0 Å². The van der Waals surface area contributed by atoms with Crippen LogP contribution >= 0.6 is 7.60 Å². The number of nitrogens with zero attached hydrogens (tertiary/aromatic N) is 1. The van der Waals surface area contributed by atoms with E-state index in [2.05, 4.69) is 0 Å². The molecule has 1 aromatic rings. The van der Waals surface area contributed by atoms with E-state index in [1.54, 1.807) is 12.1 Å². The van der Waals surface area contributed by atoms with Crippen LogP contribution in [0.15, 0.2) is 24.3 Å². The Kier molecular flexibility index (Phi) is 4.71. The normalized spacial score (nSPS) is 13.5. The minimum absolute atomic E-state index is 0.502. The van der Waals surface area contributed by atoms with E-state index >= 15 is 0 Å². The van der Waals surface area contributed by atoms with Gasteiger partial charge in [0.05, 0.1) is 0 Å². The minimum Gasteiger partial charge on any atom is -0.378 e. The first-order chi connectivity index (χ1) is 7.94. The third-order valence-corrected chi connectivity index (χ3v) is 4.43. The van der Waals surface area contributed by atoms with Crippen LogP contribution in [0.2, 0.25) is 0 Å². The van der Waals surface area contributed by atoms with Crippen LogP contribution < -0.4 is 4.90 Å². The Morgan fingerprint density at radius 1 is 1.18 bits per heavy atom. The molecule has 6 heteroatoms. The zero-order valence-electron chi connectivity index (χ0n) is 10.5. The highest BCUT2D eigenvalue weighted by Crippen LogP contribution is 2.58. The Morgan fingerprint density at radius 3 is 2.00 bits per heavy atom. The van der Waals surface area contributed by atoms with E-state index in [1.807, 2.05) is 31.1 Å². The molecule has 0 bridgehead atoms. The molecule has 0 spiro atoms. The zero-order chi connectivity index (χ0) is 13.1. The van der Waals surface area contributed by atoms with Gasteiger partial charge in [-0.15, -0.1) is 0 Å². The lowest BCUT2D eigenvalue weighted by Gasteiger charge is -2.20. The summed E-state index contributed by atoms with van der Waals surface area (Å²) in [4.78, 5) is 1.93. The maximum atomic E-state index is 12.0. The van der Waals surface area contributed by atoms with Gasteiger partial charge >= 0.3 is 7.60 Å². The molecule has 17 heavy (non-hydrogen) atoms. The Bertz CT molecular complexity index is 396. The fraction of sp³-hybridized carbons (Fsp3) is 0.455. The van der Waals surface area contributed by atoms with Crippen molar-refractivity contribution in [1.82, 2.24) is 0 Å². The molecule has 0 fully saturated rings. The summed E-state index contributed by atoms with van der Waals surface area (Å²) >= 11 is 0. The Balaban J connectivity index is 2.97. The molecule has 1 aromatic carbocycles. The molecule has 0 saturated heterocycles. The molecule has 96 valence electrons. The molecular weight excluding hydrogens is 241 g/mol. The van der Waals surface area contributed by atoms with Crippen LogP contribution in [0.4, 0.5) is 5.69 Å². The highest BCUT2D eigenvalue weighted by atomic mass is 31.2. The van der Waals surface area contributed by atoms with Crippen molar-refractivity contribution in [2.24, 2.45) is 0 Å². The minimum atomic E-state index is -3.49. The lowest BCUT2D eigenvalue weighted by molar-refractivity contribution is 0.176. The molecule has 0 aliphatic heterocycles. The first-order valence-electron chi connectivity index (χ1n) is 5.11. The quantitative estimate of drug-likeness (QED) is 0.822. The van der Waals surface area contributed by atoms with Gasteiger partial charge in [-0.1, -0.05) is 12.1 Å². The zero-order valence-corrected chi connectivity index (χ0v) is 11.3. The SMILES string of the molecule is COP(=O)(OC)[C@H](O)c1ccc(N(C)C)cc1. The van der Waals surface area contributed by atoms with Gasteiger partial charge in [-0.3, -0.25) is 4.57 Å². The summed E-state index contributed by atoms with van der Waals surface area (Å²) in [7, 11) is 2.85. The molecule has 0 heterocycles. The topological polar surface area (TPSA) is 59.0 Å². The van der Waals surface area contributed by atoms with Crippen LogP contribution in [0, 0.1) is 0 Å². The second kappa shape index (κ2) is 5.65. The van der Waals surface area contributed by atoms with Crippen molar-refractivity contribution in [3.8, 4) is 0 Å². The van der Waals surface area contributed by atoms with Gasteiger partial charge < -0.3 is 19.1 Å². The number of aliphatic hydroxyl groups is 1. The highest BCUT2D eigenvalue weighted by Gasteiger charge is 2.33. The van der Waals surface area contributed by atoms with Crippen molar-refractivity contribution in [3.05, 3.63) is 29.8 Å². The van der Waals surface area contributed by atoms with Crippen LogP contribution in [0.25, 0.3) is 0 Å². The van der Waals surface area contributed by atoms with Gasteiger partial charge in [0, 0.05) is 34.0 Å². The average Bonchev–Trinajstić information content (AvgIpc) is 2.37. The molecule has 5 nitrogen and oxygen atoms in total. The summed E-state index contributed by atoms with van der Waals surface area (Å²) in [5.74, 6) is -1.27. The van der Waals surface area contributed by atoms with Gasteiger partial charge in [0.15, 0.2) is 5.85 Å². The summed E-state index contributed by atoms with van der Waals surface area (Å²) in [5.41, 5.74) is 1.49. The second-order valence-electron chi connectivity index (χ2n) is 3.76.